The molecule has 5 nitrogen and oxygen atoms in total. The molecule has 0 spiro atoms. The first-order chi connectivity index (χ1) is 9.19. The molecule has 1 fully saturated rings. The van der Waals surface area contributed by atoms with Crippen LogP contribution in [-0.2, 0) is 4.79 Å². The second-order valence-electron chi connectivity index (χ2n) is 4.38. The zero-order valence-electron chi connectivity index (χ0n) is 10.4. The maximum Gasteiger partial charge on any atom is 0.238 e. The number of nitriles is 1. The zero-order chi connectivity index (χ0) is 13.7. The summed E-state index contributed by atoms with van der Waals surface area (Å²) in [7, 11) is 0. The summed E-state index contributed by atoms with van der Waals surface area (Å²) in [6, 6.07) is 5.84. The van der Waals surface area contributed by atoms with Crippen molar-refractivity contribution in [1.29, 1.82) is 5.26 Å². The Balaban J connectivity index is 1.93. The van der Waals surface area contributed by atoms with Crippen molar-refractivity contribution in [3.05, 3.63) is 29.6 Å². The van der Waals surface area contributed by atoms with E-state index in [1.807, 2.05) is 11.0 Å². The first-order valence-corrected chi connectivity index (χ1v) is 6.11. The molecule has 6 heteroatoms. The molecule has 0 radical (unpaired) electrons. The zero-order valence-corrected chi connectivity index (χ0v) is 10.4. The van der Waals surface area contributed by atoms with Gasteiger partial charge in [0.1, 0.15) is 5.82 Å². The Morgan fingerprint density at radius 2 is 2.21 bits per heavy atom. The van der Waals surface area contributed by atoms with Gasteiger partial charge in [0.25, 0.3) is 0 Å². The summed E-state index contributed by atoms with van der Waals surface area (Å²) in [5.41, 5.74) is 0.344. The number of nitrogens with one attached hydrogen (secondary N) is 2. The number of amides is 1. The summed E-state index contributed by atoms with van der Waals surface area (Å²) in [6.45, 7) is 3.59. The van der Waals surface area contributed by atoms with E-state index in [0.717, 1.165) is 32.2 Å². The van der Waals surface area contributed by atoms with Crippen LogP contribution >= 0.6 is 0 Å². The molecule has 0 aliphatic carbocycles. The quantitative estimate of drug-likeness (QED) is 0.834. The summed E-state index contributed by atoms with van der Waals surface area (Å²) < 4.78 is 13.6. The van der Waals surface area contributed by atoms with Gasteiger partial charge in [-0.05, 0) is 18.2 Å². The van der Waals surface area contributed by atoms with Crippen LogP contribution in [0.4, 0.5) is 10.1 Å². The van der Waals surface area contributed by atoms with Gasteiger partial charge in [-0.25, -0.2) is 4.39 Å². The fourth-order valence-corrected chi connectivity index (χ4v) is 1.95. The maximum atomic E-state index is 13.6. The van der Waals surface area contributed by atoms with Crippen LogP contribution in [0.3, 0.4) is 0 Å². The van der Waals surface area contributed by atoms with Crippen LogP contribution in [0.25, 0.3) is 0 Å². The SMILES string of the molecule is N#Cc1ccc(NC(=O)CN2CCNCC2)c(F)c1. The third-order valence-electron chi connectivity index (χ3n) is 2.95. The van der Waals surface area contributed by atoms with Crippen molar-refractivity contribution in [2.24, 2.45) is 0 Å². The molecular formula is C13H15FN4O. The van der Waals surface area contributed by atoms with Crippen molar-refractivity contribution in [2.75, 3.05) is 38.0 Å². The Kier molecular flexibility index (Phi) is 4.44. The van der Waals surface area contributed by atoms with E-state index in [1.54, 1.807) is 0 Å². The van der Waals surface area contributed by atoms with Crippen molar-refractivity contribution < 1.29 is 9.18 Å². The van der Waals surface area contributed by atoms with Crippen molar-refractivity contribution in [3.8, 4) is 6.07 Å². The second-order valence-corrected chi connectivity index (χ2v) is 4.38. The molecule has 1 saturated heterocycles. The number of piperazine rings is 1. The van der Waals surface area contributed by atoms with Crippen LogP contribution in [-0.4, -0.2) is 43.5 Å². The van der Waals surface area contributed by atoms with Gasteiger partial charge in [0, 0.05) is 26.2 Å². The lowest BCUT2D eigenvalue weighted by Gasteiger charge is -2.26. The average molecular weight is 262 g/mol. The second kappa shape index (κ2) is 6.27. The van der Waals surface area contributed by atoms with E-state index in [4.69, 9.17) is 5.26 Å². The monoisotopic (exact) mass is 262 g/mol. The Morgan fingerprint density at radius 3 is 2.84 bits per heavy atom. The molecule has 100 valence electrons. The smallest absolute Gasteiger partial charge is 0.238 e. The number of nitrogens with zero attached hydrogens (tertiary/aromatic N) is 2. The fourth-order valence-electron chi connectivity index (χ4n) is 1.95. The van der Waals surface area contributed by atoms with Gasteiger partial charge >= 0.3 is 0 Å². The van der Waals surface area contributed by atoms with Crippen molar-refractivity contribution in [1.82, 2.24) is 10.2 Å². The van der Waals surface area contributed by atoms with Gasteiger partial charge in [-0.1, -0.05) is 0 Å². The van der Waals surface area contributed by atoms with E-state index in [0.29, 0.717) is 0 Å². The molecule has 2 N–H and O–H groups in total. The highest BCUT2D eigenvalue weighted by Crippen LogP contribution is 2.15. The molecule has 0 atom stereocenters. The van der Waals surface area contributed by atoms with Gasteiger partial charge in [-0.3, -0.25) is 9.69 Å². The molecule has 1 aliphatic heterocycles. The van der Waals surface area contributed by atoms with Crippen LogP contribution in [0.15, 0.2) is 18.2 Å². The molecular weight excluding hydrogens is 247 g/mol. The van der Waals surface area contributed by atoms with Gasteiger partial charge in [0.15, 0.2) is 0 Å². The number of benzene rings is 1. The number of carbonyl (C=O) groups is 1. The van der Waals surface area contributed by atoms with Gasteiger partial charge in [-0.2, -0.15) is 5.26 Å². The van der Waals surface area contributed by atoms with Gasteiger partial charge in [-0.15, -0.1) is 0 Å². The normalized spacial score (nSPS) is 15.8. The van der Waals surface area contributed by atoms with Gasteiger partial charge in [0.05, 0.1) is 23.9 Å². The number of rotatable bonds is 3. The van der Waals surface area contributed by atoms with Crippen molar-refractivity contribution in [2.45, 2.75) is 0 Å². The van der Waals surface area contributed by atoms with E-state index in [9.17, 15) is 9.18 Å². The molecule has 0 unspecified atom stereocenters. The van der Waals surface area contributed by atoms with Crippen LogP contribution in [0.1, 0.15) is 5.56 Å². The summed E-state index contributed by atoms with van der Waals surface area (Å²) in [5.74, 6) is -0.835. The highest BCUT2D eigenvalue weighted by molar-refractivity contribution is 5.92. The predicted molar refractivity (Wildman–Crippen MR) is 69.1 cm³/mol. The highest BCUT2D eigenvalue weighted by atomic mass is 19.1. The van der Waals surface area contributed by atoms with E-state index in [-0.39, 0.29) is 23.7 Å². The average Bonchev–Trinajstić information content (AvgIpc) is 2.42. The first-order valence-electron chi connectivity index (χ1n) is 6.11. The Labute approximate surface area is 111 Å². The molecule has 0 saturated carbocycles. The standard InChI is InChI=1S/C13H15FN4O/c14-11-7-10(8-15)1-2-12(11)17-13(19)9-18-5-3-16-4-6-18/h1-2,7,16H,3-6,9H2,(H,17,19). The number of halogens is 1. The molecule has 19 heavy (non-hydrogen) atoms. The number of carbonyl (C=O) groups excluding carboxylic acids is 1. The minimum absolute atomic E-state index is 0.110. The highest BCUT2D eigenvalue weighted by Gasteiger charge is 2.14. The molecule has 0 bridgehead atoms. The lowest BCUT2D eigenvalue weighted by Crippen LogP contribution is -2.46. The molecule has 1 heterocycles. The Hall–Kier alpha value is -1.97. The first kappa shape index (κ1) is 13.5. The van der Waals surface area contributed by atoms with Crippen LogP contribution < -0.4 is 10.6 Å². The van der Waals surface area contributed by atoms with Crippen molar-refractivity contribution in [3.63, 3.8) is 0 Å². The van der Waals surface area contributed by atoms with Crippen LogP contribution in [0.5, 0.6) is 0 Å². The number of hydrogen-bond acceptors (Lipinski definition) is 4. The molecule has 1 aromatic carbocycles. The molecule has 2 rings (SSSR count). The lowest BCUT2D eigenvalue weighted by atomic mass is 10.2. The summed E-state index contributed by atoms with van der Waals surface area (Å²) in [5, 5.41) is 14.4. The molecule has 1 aliphatic rings. The maximum absolute atomic E-state index is 13.6. The molecule has 0 aromatic heterocycles. The Morgan fingerprint density at radius 1 is 1.47 bits per heavy atom. The Bertz CT molecular complexity index is 506. The van der Waals surface area contributed by atoms with Crippen molar-refractivity contribution >= 4 is 11.6 Å². The largest absolute Gasteiger partial charge is 0.322 e. The third kappa shape index (κ3) is 3.74. The molecule has 1 aromatic rings. The fraction of sp³-hybridized carbons (Fsp3) is 0.385. The van der Waals surface area contributed by atoms with E-state index >= 15 is 0 Å². The summed E-state index contributed by atoms with van der Waals surface area (Å²) in [6.07, 6.45) is 0. The van der Waals surface area contributed by atoms with Gasteiger partial charge in [0.2, 0.25) is 5.91 Å². The van der Waals surface area contributed by atoms with E-state index in [2.05, 4.69) is 10.6 Å². The minimum Gasteiger partial charge on any atom is -0.322 e. The number of hydrogen-bond donors (Lipinski definition) is 2. The van der Waals surface area contributed by atoms with E-state index < -0.39 is 5.82 Å². The summed E-state index contributed by atoms with van der Waals surface area (Å²) in [4.78, 5) is 13.8. The number of anilines is 1. The van der Waals surface area contributed by atoms with Crippen LogP contribution in [0.2, 0.25) is 0 Å². The van der Waals surface area contributed by atoms with Crippen LogP contribution in [0, 0.1) is 17.1 Å². The molecule has 1 amide bonds. The van der Waals surface area contributed by atoms with Gasteiger partial charge < -0.3 is 10.6 Å². The summed E-state index contributed by atoms with van der Waals surface area (Å²) >= 11 is 0. The topological polar surface area (TPSA) is 68.2 Å². The lowest BCUT2D eigenvalue weighted by molar-refractivity contribution is -0.117. The van der Waals surface area contributed by atoms with E-state index in [1.165, 1.54) is 12.1 Å². The third-order valence-corrected chi connectivity index (χ3v) is 2.95. The predicted octanol–water partition coefficient (Wildman–Crippen LogP) is 0.541. The minimum atomic E-state index is -0.590.